The maximum atomic E-state index is 11.8. The molecule has 1 aromatic carbocycles. The predicted octanol–water partition coefficient (Wildman–Crippen LogP) is 0.583. The van der Waals surface area contributed by atoms with Gasteiger partial charge >= 0.3 is 0 Å². The normalized spacial score (nSPS) is 13.4. The van der Waals surface area contributed by atoms with E-state index < -0.39 is 27.5 Å². The monoisotopic (exact) mass is 242 g/mol. The van der Waals surface area contributed by atoms with Gasteiger partial charge in [-0.3, -0.25) is 4.79 Å². The van der Waals surface area contributed by atoms with Crippen LogP contribution in [0.2, 0.25) is 0 Å². The second-order valence-corrected chi connectivity index (χ2v) is 5.96. The first-order chi connectivity index (χ1) is 7.36. The van der Waals surface area contributed by atoms with E-state index in [-0.39, 0.29) is 0 Å². The Labute approximate surface area is 94.8 Å². The second-order valence-electron chi connectivity index (χ2n) is 3.73. The number of aliphatic hydroxyl groups excluding tert-OH is 1. The van der Waals surface area contributed by atoms with Gasteiger partial charge in [0, 0.05) is 11.8 Å². The molecule has 88 valence electrons. The fraction of sp³-hybridized carbons (Fsp3) is 0.364. The number of carbonyl (C=O) groups excluding carboxylic acids is 1. The van der Waals surface area contributed by atoms with Crippen LogP contribution < -0.4 is 0 Å². The van der Waals surface area contributed by atoms with E-state index in [0.717, 1.165) is 11.8 Å². The summed E-state index contributed by atoms with van der Waals surface area (Å²) in [5, 5.41) is 7.58. The number of carbonyl (C=O) groups is 1. The number of rotatable bonds is 4. The van der Waals surface area contributed by atoms with Crippen molar-refractivity contribution in [2.45, 2.75) is 12.2 Å². The summed E-state index contributed by atoms with van der Waals surface area (Å²) in [4.78, 5) is 11.8. The van der Waals surface area contributed by atoms with E-state index in [1.807, 2.05) is 6.92 Å². The molecule has 1 atom stereocenters. The number of Topliss-reactive ketones (excluding diaryl/α,β-unsaturated/α-hetero) is 1. The van der Waals surface area contributed by atoms with Gasteiger partial charge in [0.25, 0.3) is 0 Å². The lowest BCUT2D eigenvalue weighted by Crippen LogP contribution is -2.33. The van der Waals surface area contributed by atoms with Gasteiger partial charge in [-0.15, -0.1) is 0 Å². The van der Waals surface area contributed by atoms with Crippen molar-refractivity contribution in [3.63, 3.8) is 0 Å². The van der Waals surface area contributed by atoms with Crippen molar-refractivity contribution in [3.8, 4) is 0 Å². The highest BCUT2D eigenvalue weighted by molar-refractivity contribution is 7.92. The smallest absolute Gasteiger partial charge is 0.183 e. The predicted molar refractivity (Wildman–Crippen MR) is 61.2 cm³/mol. The molecule has 0 aliphatic carbocycles. The van der Waals surface area contributed by atoms with Gasteiger partial charge in [-0.05, 0) is 6.92 Å². The zero-order chi connectivity index (χ0) is 12.3. The molecule has 0 spiro atoms. The average molecular weight is 242 g/mol. The zero-order valence-corrected chi connectivity index (χ0v) is 9.99. The largest absolute Gasteiger partial charge is 0.395 e. The van der Waals surface area contributed by atoms with E-state index in [1.165, 1.54) is 0 Å². The highest BCUT2D eigenvalue weighted by Gasteiger charge is 2.28. The van der Waals surface area contributed by atoms with Crippen LogP contribution in [0.3, 0.4) is 0 Å². The van der Waals surface area contributed by atoms with Crippen molar-refractivity contribution in [2.75, 3.05) is 12.9 Å². The quantitative estimate of drug-likeness (QED) is 0.784. The molecule has 0 amide bonds. The fourth-order valence-electron chi connectivity index (χ4n) is 1.32. The number of sulfone groups is 1. The van der Waals surface area contributed by atoms with Crippen LogP contribution in [0.25, 0.3) is 0 Å². The van der Waals surface area contributed by atoms with Crippen LogP contribution in [-0.4, -0.2) is 37.4 Å². The minimum atomic E-state index is -3.57. The number of benzene rings is 1. The lowest BCUT2D eigenvalue weighted by Gasteiger charge is -2.10. The topological polar surface area (TPSA) is 71.4 Å². The molecular formula is C11H14O4S. The lowest BCUT2D eigenvalue weighted by molar-refractivity contribution is 0.0962. The summed E-state index contributed by atoms with van der Waals surface area (Å²) in [6.45, 7) is 1.18. The molecule has 1 N–H and O–H groups in total. The van der Waals surface area contributed by atoms with Crippen molar-refractivity contribution in [1.29, 1.82) is 0 Å². The maximum Gasteiger partial charge on any atom is 0.183 e. The Morgan fingerprint density at radius 3 is 2.19 bits per heavy atom. The molecule has 0 aliphatic rings. The lowest BCUT2D eigenvalue weighted by atomic mass is 10.1. The Bertz CT molecular complexity index is 473. The van der Waals surface area contributed by atoms with Crippen LogP contribution in [0.1, 0.15) is 15.9 Å². The van der Waals surface area contributed by atoms with Crippen molar-refractivity contribution in [3.05, 3.63) is 35.4 Å². The van der Waals surface area contributed by atoms with E-state index in [9.17, 15) is 13.2 Å². The van der Waals surface area contributed by atoms with E-state index >= 15 is 0 Å². The number of hydrogen-bond acceptors (Lipinski definition) is 4. The third-order valence-electron chi connectivity index (χ3n) is 2.31. The molecule has 0 saturated carbocycles. The van der Waals surface area contributed by atoms with Crippen LogP contribution in [0, 0.1) is 6.92 Å². The van der Waals surface area contributed by atoms with Gasteiger partial charge in [0.2, 0.25) is 0 Å². The van der Waals surface area contributed by atoms with E-state index in [2.05, 4.69) is 0 Å². The van der Waals surface area contributed by atoms with Gasteiger partial charge in [0.15, 0.2) is 15.6 Å². The van der Waals surface area contributed by atoms with Gasteiger partial charge in [0.05, 0.1) is 6.61 Å². The Hall–Kier alpha value is -1.20. The van der Waals surface area contributed by atoms with Gasteiger partial charge in [-0.2, -0.15) is 0 Å². The van der Waals surface area contributed by atoms with Crippen molar-refractivity contribution in [2.24, 2.45) is 0 Å². The molecule has 0 saturated heterocycles. The molecular weight excluding hydrogens is 228 g/mol. The summed E-state index contributed by atoms with van der Waals surface area (Å²) < 4.78 is 22.5. The number of ketones is 1. The van der Waals surface area contributed by atoms with Crippen LogP contribution in [0.15, 0.2) is 24.3 Å². The first-order valence-electron chi connectivity index (χ1n) is 4.77. The van der Waals surface area contributed by atoms with Crippen molar-refractivity contribution in [1.82, 2.24) is 0 Å². The highest BCUT2D eigenvalue weighted by atomic mass is 32.2. The van der Waals surface area contributed by atoms with Crippen LogP contribution in [0.5, 0.6) is 0 Å². The Morgan fingerprint density at radius 1 is 1.31 bits per heavy atom. The van der Waals surface area contributed by atoms with Gasteiger partial charge < -0.3 is 5.11 Å². The van der Waals surface area contributed by atoms with Crippen molar-refractivity contribution >= 4 is 15.6 Å². The molecule has 16 heavy (non-hydrogen) atoms. The molecule has 0 radical (unpaired) electrons. The summed E-state index contributed by atoms with van der Waals surface area (Å²) in [6.07, 6.45) is 0.944. The summed E-state index contributed by atoms with van der Waals surface area (Å²) in [5.74, 6) is -0.565. The van der Waals surface area contributed by atoms with E-state index in [4.69, 9.17) is 5.11 Å². The summed E-state index contributed by atoms with van der Waals surface area (Å²) in [7, 11) is -3.57. The van der Waals surface area contributed by atoms with Gasteiger partial charge in [0.1, 0.15) is 5.25 Å². The third-order valence-corrected chi connectivity index (χ3v) is 3.71. The second kappa shape index (κ2) is 4.76. The maximum absolute atomic E-state index is 11.8. The molecule has 0 aliphatic heterocycles. The van der Waals surface area contributed by atoms with Crippen LogP contribution >= 0.6 is 0 Å². The molecule has 1 rings (SSSR count). The molecule has 5 heteroatoms. The number of aliphatic hydroxyl groups is 1. The molecule has 0 fully saturated rings. The summed E-state index contributed by atoms with van der Waals surface area (Å²) in [6, 6.07) is 6.57. The molecule has 0 heterocycles. The number of hydrogen-bond donors (Lipinski definition) is 1. The number of aryl methyl sites for hydroxylation is 1. The molecule has 1 aromatic rings. The first-order valence-corrected chi connectivity index (χ1v) is 6.72. The highest BCUT2D eigenvalue weighted by Crippen LogP contribution is 2.10. The zero-order valence-electron chi connectivity index (χ0n) is 9.17. The molecule has 0 aromatic heterocycles. The van der Waals surface area contributed by atoms with E-state index in [1.54, 1.807) is 24.3 Å². The van der Waals surface area contributed by atoms with Crippen molar-refractivity contribution < 1.29 is 18.3 Å². The first kappa shape index (κ1) is 12.9. The molecule has 0 unspecified atom stereocenters. The summed E-state index contributed by atoms with van der Waals surface area (Å²) >= 11 is 0. The molecule has 4 nitrogen and oxygen atoms in total. The van der Waals surface area contributed by atoms with Crippen LogP contribution in [0.4, 0.5) is 0 Å². The Morgan fingerprint density at radius 2 is 1.81 bits per heavy atom. The Kier molecular flexibility index (Phi) is 3.83. The fourth-order valence-corrected chi connectivity index (χ4v) is 2.11. The average Bonchev–Trinajstić information content (AvgIpc) is 2.17. The van der Waals surface area contributed by atoms with Gasteiger partial charge in [-0.25, -0.2) is 8.42 Å². The minimum Gasteiger partial charge on any atom is -0.395 e. The Balaban J connectivity index is 3.06. The minimum absolute atomic E-state index is 0.301. The third kappa shape index (κ3) is 2.90. The van der Waals surface area contributed by atoms with Gasteiger partial charge in [-0.1, -0.05) is 29.8 Å². The van der Waals surface area contributed by atoms with Crippen LogP contribution in [-0.2, 0) is 9.84 Å². The summed E-state index contributed by atoms with van der Waals surface area (Å²) in [5.41, 5.74) is 1.28. The SMILES string of the molecule is Cc1ccc(C(=O)[C@@H](CO)S(C)(=O)=O)cc1. The standard InChI is InChI=1S/C11H14O4S/c1-8-3-5-9(6-4-8)11(13)10(7-12)16(2,14)15/h3-6,10,12H,7H2,1-2H3/t10-/m1/s1. The molecule has 0 bridgehead atoms. The van der Waals surface area contributed by atoms with E-state index in [0.29, 0.717) is 5.56 Å².